The van der Waals surface area contributed by atoms with Crippen LogP contribution in [0, 0.1) is 13.8 Å². The van der Waals surface area contributed by atoms with Crippen molar-refractivity contribution in [3.63, 3.8) is 0 Å². The fourth-order valence-electron chi connectivity index (χ4n) is 1.45. The first-order chi connectivity index (χ1) is 10.6. The largest absolute Gasteiger partial charge is 1.00 e. The maximum atomic E-state index is 11.0. The normalized spacial score (nSPS) is 11.0. The van der Waals surface area contributed by atoms with Crippen molar-refractivity contribution in [1.82, 2.24) is 0 Å². The Hall–Kier alpha value is -0.260. The average Bonchev–Trinajstić information content (AvgIpc) is 2.48. The summed E-state index contributed by atoms with van der Waals surface area (Å²) in [6.45, 7) is 3.70. The van der Waals surface area contributed by atoms with Crippen LogP contribution in [0.4, 0.5) is 0 Å². The van der Waals surface area contributed by atoms with E-state index in [1.54, 1.807) is 24.3 Å². The maximum absolute atomic E-state index is 11.0. The van der Waals surface area contributed by atoms with Crippen molar-refractivity contribution in [2.24, 2.45) is 0 Å². The van der Waals surface area contributed by atoms with E-state index in [2.05, 4.69) is 19.5 Å². The maximum Gasteiger partial charge on any atom is 1.00 e. The van der Waals surface area contributed by atoms with Gasteiger partial charge in [-0.2, -0.15) is 11.7 Å². The molecule has 0 unspecified atom stereocenters. The van der Waals surface area contributed by atoms with Crippen LogP contribution in [0.5, 0.6) is 0 Å². The zero-order chi connectivity index (χ0) is 17.7. The van der Waals surface area contributed by atoms with E-state index in [0.717, 1.165) is 11.1 Å². The van der Waals surface area contributed by atoms with Gasteiger partial charge in [-0.25, -0.2) is 8.42 Å². The van der Waals surface area contributed by atoms with Crippen LogP contribution in [0.2, 0.25) is 0 Å². The van der Waals surface area contributed by atoms with Crippen LogP contribution in [-0.4, -0.2) is 21.4 Å². The second kappa shape index (κ2) is 10.0. The molecule has 0 spiro atoms. The molecule has 0 aromatic heterocycles. The van der Waals surface area contributed by atoms with Gasteiger partial charge in [0.05, 0.1) is 9.79 Å². The molecular weight excluding hydrogens is 431 g/mol. The summed E-state index contributed by atoms with van der Waals surface area (Å²) >= 11 is 2.44. The van der Waals surface area contributed by atoms with Gasteiger partial charge in [0.2, 0.25) is 0 Å². The molecule has 0 bridgehead atoms. The van der Waals surface area contributed by atoms with Crippen LogP contribution >= 0.6 is 16.3 Å². The minimum absolute atomic E-state index is 0. The van der Waals surface area contributed by atoms with Crippen molar-refractivity contribution >= 4 is 36.5 Å². The van der Waals surface area contributed by atoms with Gasteiger partial charge in [-0.1, -0.05) is 35.4 Å². The van der Waals surface area contributed by atoms with E-state index >= 15 is 0 Å². The fourth-order valence-corrected chi connectivity index (χ4v) is 2.92. The molecule has 0 atom stereocenters. The Bertz CT molecular complexity index is 847. The molecule has 2 rings (SSSR count). The number of benzene rings is 2. The summed E-state index contributed by atoms with van der Waals surface area (Å²) in [7, 11) is -7.87. The van der Waals surface area contributed by atoms with E-state index in [0.29, 0.717) is 0 Å². The molecule has 2 aromatic rings. The van der Waals surface area contributed by atoms with Gasteiger partial charge in [0, 0.05) is 0 Å². The van der Waals surface area contributed by atoms with Gasteiger partial charge in [-0.3, -0.25) is 0 Å². The van der Waals surface area contributed by atoms with Crippen molar-refractivity contribution < 1.29 is 54.2 Å². The number of halogens is 1. The van der Waals surface area contributed by atoms with E-state index in [4.69, 9.17) is 0 Å². The Morgan fingerprint density at radius 1 is 0.792 bits per heavy atom. The van der Waals surface area contributed by atoms with Crippen molar-refractivity contribution in [3.05, 3.63) is 59.7 Å². The molecule has 0 aliphatic rings. The summed E-state index contributed by atoms with van der Waals surface area (Å²) < 4.78 is 57.4. The second-order valence-corrected chi connectivity index (χ2v) is 8.28. The van der Waals surface area contributed by atoms with Crippen LogP contribution in [-0.2, 0) is 23.5 Å². The van der Waals surface area contributed by atoms with Gasteiger partial charge < -0.3 is 4.55 Å². The molecular formula is C14H14BrNaO6S2. The standard InChI is InChI=1S/C7H7BrO3S.C7H8O3S.Na/c1-6-2-4-7(5-3-6)12(9,10)11-8;1-6-2-4-7(5-3-6)11(8,9)10;/h2-5H,1H3;2-5H,1H3,(H,8,9,10);/q;;+1/p-1. The van der Waals surface area contributed by atoms with Crippen molar-refractivity contribution in [3.8, 4) is 0 Å². The first-order valence-corrected chi connectivity index (χ1v) is 9.67. The van der Waals surface area contributed by atoms with E-state index < -0.39 is 20.2 Å². The van der Waals surface area contributed by atoms with Crippen LogP contribution < -0.4 is 29.6 Å². The van der Waals surface area contributed by atoms with Crippen LogP contribution in [0.1, 0.15) is 11.1 Å². The molecule has 0 N–H and O–H groups in total. The van der Waals surface area contributed by atoms with Gasteiger partial charge in [-0.05, 0) is 38.1 Å². The molecule has 126 valence electrons. The summed E-state index contributed by atoms with van der Waals surface area (Å²) in [5.41, 5.74) is 1.93. The summed E-state index contributed by atoms with van der Waals surface area (Å²) in [5, 5.41) is 0. The summed E-state index contributed by atoms with van der Waals surface area (Å²) in [6, 6.07) is 12.2. The predicted molar refractivity (Wildman–Crippen MR) is 87.5 cm³/mol. The van der Waals surface area contributed by atoms with Crippen LogP contribution in [0.15, 0.2) is 58.3 Å². The third-order valence-electron chi connectivity index (χ3n) is 2.70. The van der Waals surface area contributed by atoms with Gasteiger partial charge in [0.15, 0.2) is 0 Å². The Labute approximate surface area is 172 Å². The summed E-state index contributed by atoms with van der Waals surface area (Å²) in [4.78, 5) is -0.0342. The second-order valence-electron chi connectivity index (χ2n) is 4.60. The zero-order valence-electron chi connectivity index (χ0n) is 13.3. The van der Waals surface area contributed by atoms with Crippen molar-refractivity contribution in [2.75, 3.05) is 0 Å². The van der Waals surface area contributed by atoms with Crippen molar-refractivity contribution in [1.29, 1.82) is 0 Å². The average molecular weight is 445 g/mol. The minimum atomic E-state index is -4.27. The first-order valence-electron chi connectivity index (χ1n) is 6.21. The van der Waals surface area contributed by atoms with Crippen LogP contribution in [0.25, 0.3) is 0 Å². The van der Waals surface area contributed by atoms with Crippen LogP contribution in [0.3, 0.4) is 0 Å². The predicted octanol–water partition coefficient (Wildman–Crippen LogP) is -0.0867. The molecule has 0 fully saturated rings. The number of hydrogen-bond acceptors (Lipinski definition) is 6. The molecule has 0 heterocycles. The Kier molecular flexibility index (Phi) is 9.92. The van der Waals surface area contributed by atoms with E-state index in [1.807, 2.05) is 13.8 Å². The first kappa shape index (κ1) is 23.7. The number of hydrogen-bond donors (Lipinski definition) is 0. The van der Waals surface area contributed by atoms with E-state index in [-0.39, 0.29) is 39.3 Å². The molecule has 0 amide bonds. The molecule has 6 nitrogen and oxygen atoms in total. The molecule has 0 aliphatic heterocycles. The van der Waals surface area contributed by atoms with Gasteiger partial charge >= 0.3 is 39.7 Å². The topological polar surface area (TPSA) is 101 Å². The Morgan fingerprint density at radius 2 is 1.12 bits per heavy atom. The van der Waals surface area contributed by atoms with E-state index in [9.17, 15) is 21.4 Å². The summed E-state index contributed by atoms with van der Waals surface area (Å²) in [6.07, 6.45) is 0. The third-order valence-corrected chi connectivity index (χ3v) is 5.61. The van der Waals surface area contributed by atoms with Crippen molar-refractivity contribution in [2.45, 2.75) is 23.6 Å². The SMILES string of the molecule is Cc1ccc(S(=O)(=O)OBr)cc1.Cc1ccc(S(=O)(=O)[O-])cc1.[Na+]. The molecule has 0 radical (unpaired) electrons. The third kappa shape index (κ3) is 7.75. The molecule has 0 saturated carbocycles. The quantitative estimate of drug-likeness (QED) is 0.484. The Morgan fingerprint density at radius 3 is 1.42 bits per heavy atom. The summed E-state index contributed by atoms with van der Waals surface area (Å²) in [5.74, 6) is 0. The van der Waals surface area contributed by atoms with Gasteiger partial charge in [-0.15, -0.1) is 0 Å². The molecule has 24 heavy (non-hydrogen) atoms. The molecule has 0 saturated heterocycles. The fraction of sp³-hybridized carbons (Fsp3) is 0.143. The number of rotatable bonds is 3. The molecule has 10 heteroatoms. The van der Waals surface area contributed by atoms with Gasteiger partial charge in [0.25, 0.3) is 0 Å². The number of aryl methyl sites for hydroxylation is 2. The molecule has 0 aliphatic carbocycles. The monoisotopic (exact) mass is 444 g/mol. The molecule has 2 aromatic carbocycles. The Balaban J connectivity index is 0.000000425. The minimum Gasteiger partial charge on any atom is -0.744 e. The van der Waals surface area contributed by atoms with E-state index in [1.165, 1.54) is 24.3 Å². The zero-order valence-corrected chi connectivity index (χ0v) is 18.5. The van der Waals surface area contributed by atoms with Gasteiger partial charge in [0.1, 0.15) is 26.4 Å². The smallest absolute Gasteiger partial charge is 0.744 e.